The van der Waals surface area contributed by atoms with E-state index in [1.165, 1.54) is 79.1 Å². The molecule has 12 nitrogen and oxygen atoms in total. The number of unbranched alkanes of at least 4 members (excludes halogenated alkanes) is 18. The van der Waals surface area contributed by atoms with E-state index in [2.05, 4.69) is 19.7 Å². The van der Waals surface area contributed by atoms with Crippen LogP contribution in [0.25, 0.3) is 16.7 Å². The van der Waals surface area contributed by atoms with Crippen LogP contribution in [-0.4, -0.2) is 91.8 Å². The van der Waals surface area contributed by atoms with Crippen molar-refractivity contribution in [3.8, 4) is 17.2 Å². The molecule has 0 aromatic heterocycles. The minimum Gasteiger partial charge on any atom is -0.494 e. The van der Waals surface area contributed by atoms with Gasteiger partial charge in [0.2, 0.25) is 0 Å². The lowest BCUT2D eigenvalue weighted by atomic mass is 10.1. The van der Waals surface area contributed by atoms with E-state index in [1.807, 2.05) is 72.8 Å². The SMILES string of the molecule is C=C(C(=O)OC)c1ccc(OCCCCCCCCCOCCC(OCCCCCCCCCOc2ccc(C(=C)C(=O)OC)cc2)OCCCCCCCCCOc2ccc(C(=C)C(=O)OC)cc2)cc1. The Hall–Kier alpha value is -5.43. The van der Waals surface area contributed by atoms with Gasteiger partial charge in [-0.25, -0.2) is 14.4 Å². The van der Waals surface area contributed by atoms with Crippen LogP contribution < -0.4 is 14.2 Å². The van der Waals surface area contributed by atoms with Crippen LogP contribution in [0, 0.1) is 0 Å². The van der Waals surface area contributed by atoms with Gasteiger partial charge in [-0.3, -0.25) is 0 Å². The number of benzene rings is 3. The molecule has 0 amide bonds. The molecular weight excluding hydrogens is 913 g/mol. The van der Waals surface area contributed by atoms with Gasteiger partial charge in [0.05, 0.1) is 64.5 Å². The summed E-state index contributed by atoms with van der Waals surface area (Å²) in [7, 11) is 4.05. The second-order valence-corrected chi connectivity index (χ2v) is 18.0. The third-order valence-corrected chi connectivity index (χ3v) is 12.3. The largest absolute Gasteiger partial charge is 0.494 e. The maximum atomic E-state index is 11.7. The first kappa shape index (κ1) is 60.9. The summed E-state index contributed by atoms with van der Waals surface area (Å²) >= 11 is 0. The smallest absolute Gasteiger partial charge is 0.337 e. The number of carbonyl (C=O) groups is 3. The summed E-state index contributed by atoms with van der Waals surface area (Å²) in [6, 6.07) is 22.1. The normalized spacial score (nSPS) is 11.0. The summed E-state index contributed by atoms with van der Waals surface area (Å²) in [5.74, 6) is 1.07. The van der Waals surface area contributed by atoms with E-state index in [0.717, 1.165) is 124 Å². The predicted molar refractivity (Wildman–Crippen MR) is 287 cm³/mol. The number of methoxy groups -OCH3 is 3. The lowest BCUT2D eigenvalue weighted by Crippen LogP contribution is -2.21. The average Bonchev–Trinajstić information content (AvgIpc) is 3.41. The van der Waals surface area contributed by atoms with Gasteiger partial charge in [0.15, 0.2) is 6.29 Å². The van der Waals surface area contributed by atoms with Gasteiger partial charge in [-0.2, -0.15) is 0 Å². The quantitative estimate of drug-likeness (QED) is 0.0175. The van der Waals surface area contributed by atoms with Crippen LogP contribution >= 0.6 is 0 Å². The molecule has 12 heteroatoms. The van der Waals surface area contributed by atoms with Crippen molar-refractivity contribution in [2.24, 2.45) is 0 Å². The zero-order valence-corrected chi connectivity index (χ0v) is 44.0. The summed E-state index contributed by atoms with van der Waals surface area (Å²) in [6.07, 6.45) is 24.2. The molecule has 0 N–H and O–H groups in total. The molecule has 398 valence electrons. The van der Waals surface area contributed by atoms with E-state index >= 15 is 0 Å². The Balaban J connectivity index is 1.22. The van der Waals surface area contributed by atoms with Gasteiger partial charge in [0, 0.05) is 26.2 Å². The Labute approximate surface area is 431 Å². The number of esters is 3. The van der Waals surface area contributed by atoms with Gasteiger partial charge in [-0.1, -0.05) is 152 Å². The lowest BCUT2D eigenvalue weighted by molar-refractivity contribution is -0.154. The molecular formula is C60H86O12. The third-order valence-electron chi connectivity index (χ3n) is 12.3. The Morgan fingerprint density at radius 1 is 0.347 bits per heavy atom. The fraction of sp³-hybridized carbons (Fsp3) is 0.550. The molecule has 0 saturated heterocycles. The van der Waals surface area contributed by atoms with Gasteiger partial charge in [-0.15, -0.1) is 0 Å². The van der Waals surface area contributed by atoms with E-state index in [9.17, 15) is 14.4 Å². The van der Waals surface area contributed by atoms with Gasteiger partial charge >= 0.3 is 17.9 Å². The third kappa shape index (κ3) is 26.9. The van der Waals surface area contributed by atoms with Crippen molar-refractivity contribution in [2.75, 3.05) is 67.6 Å². The number of hydrogen-bond donors (Lipinski definition) is 0. The Kier molecular flexibility index (Phi) is 33.1. The molecule has 0 aliphatic rings. The van der Waals surface area contributed by atoms with Crippen molar-refractivity contribution in [1.82, 2.24) is 0 Å². The van der Waals surface area contributed by atoms with E-state index < -0.39 is 17.9 Å². The molecule has 3 rings (SSSR count). The molecule has 0 unspecified atom stereocenters. The highest BCUT2D eigenvalue weighted by molar-refractivity contribution is 6.16. The predicted octanol–water partition coefficient (Wildman–Crippen LogP) is 13.7. The minimum atomic E-state index is -0.432. The summed E-state index contributed by atoms with van der Waals surface area (Å²) in [5, 5.41) is 0. The van der Waals surface area contributed by atoms with Crippen LogP contribution in [0.1, 0.15) is 158 Å². The van der Waals surface area contributed by atoms with Crippen molar-refractivity contribution < 1.29 is 57.0 Å². The first-order valence-corrected chi connectivity index (χ1v) is 26.5. The van der Waals surface area contributed by atoms with Crippen LogP contribution in [0.3, 0.4) is 0 Å². The summed E-state index contributed by atoms with van der Waals surface area (Å²) in [6.45, 7) is 16.2. The highest BCUT2D eigenvalue weighted by atomic mass is 16.7. The Morgan fingerprint density at radius 2 is 0.597 bits per heavy atom. The molecule has 0 spiro atoms. The number of carbonyl (C=O) groups excluding carboxylic acids is 3. The minimum absolute atomic E-state index is 0.245. The Bertz CT molecular complexity index is 1860. The second-order valence-electron chi connectivity index (χ2n) is 18.0. The number of rotatable bonds is 44. The van der Waals surface area contributed by atoms with Crippen molar-refractivity contribution in [3.05, 3.63) is 109 Å². The van der Waals surface area contributed by atoms with Crippen LogP contribution in [0.5, 0.6) is 17.2 Å². The molecule has 0 saturated carbocycles. The molecule has 0 heterocycles. The Morgan fingerprint density at radius 3 is 0.875 bits per heavy atom. The van der Waals surface area contributed by atoms with E-state index in [0.29, 0.717) is 56.4 Å². The van der Waals surface area contributed by atoms with Gasteiger partial charge in [0.25, 0.3) is 0 Å². The number of ether oxygens (including phenoxy) is 9. The van der Waals surface area contributed by atoms with Crippen molar-refractivity contribution in [1.29, 1.82) is 0 Å². The standard InChI is InChI=1S/C60H86O12/c1-48(58(61)64-4)51-28-34-54(35-29-51)68-42-23-17-11-7-10-16-22-41-67-47-40-57(71-45-26-20-14-8-12-18-24-43-69-55-36-30-52(31-37-55)49(2)59(62)65-5)72-46-27-21-15-9-13-19-25-44-70-56-38-32-53(33-39-56)50(3)60(63)66-6/h28-39,57H,1-3,7-27,40-47H2,4-6H3. The highest BCUT2D eigenvalue weighted by Crippen LogP contribution is 2.22. The van der Waals surface area contributed by atoms with Crippen LogP contribution in [0.4, 0.5) is 0 Å². The van der Waals surface area contributed by atoms with Crippen LogP contribution in [0.15, 0.2) is 92.5 Å². The number of hydrogen-bond acceptors (Lipinski definition) is 12. The van der Waals surface area contributed by atoms with E-state index in [4.69, 9.17) is 42.6 Å². The molecule has 0 aliphatic heterocycles. The molecule has 3 aromatic carbocycles. The maximum Gasteiger partial charge on any atom is 0.337 e. The second kappa shape index (κ2) is 39.1. The first-order valence-electron chi connectivity index (χ1n) is 26.5. The van der Waals surface area contributed by atoms with Gasteiger partial charge in [0.1, 0.15) is 17.2 Å². The fourth-order valence-corrected chi connectivity index (χ4v) is 7.84. The lowest BCUT2D eigenvalue weighted by Gasteiger charge is -2.19. The van der Waals surface area contributed by atoms with E-state index in [1.54, 1.807) is 0 Å². The molecule has 0 aliphatic carbocycles. The summed E-state index contributed by atoms with van der Waals surface area (Å²) in [4.78, 5) is 35.1. The van der Waals surface area contributed by atoms with Crippen molar-refractivity contribution in [2.45, 2.75) is 148 Å². The molecule has 0 bridgehead atoms. The average molecular weight is 999 g/mol. The van der Waals surface area contributed by atoms with E-state index in [-0.39, 0.29) is 6.29 Å². The van der Waals surface area contributed by atoms with Gasteiger partial charge in [-0.05, 0) is 91.6 Å². The monoisotopic (exact) mass is 999 g/mol. The van der Waals surface area contributed by atoms with Crippen molar-refractivity contribution in [3.63, 3.8) is 0 Å². The fourth-order valence-electron chi connectivity index (χ4n) is 7.84. The van der Waals surface area contributed by atoms with Crippen LogP contribution in [0.2, 0.25) is 0 Å². The van der Waals surface area contributed by atoms with Crippen molar-refractivity contribution >= 4 is 34.6 Å². The first-order chi connectivity index (χ1) is 35.2. The molecule has 0 radical (unpaired) electrons. The molecule has 0 fully saturated rings. The highest BCUT2D eigenvalue weighted by Gasteiger charge is 2.13. The molecule has 3 aromatic rings. The van der Waals surface area contributed by atoms with Gasteiger partial charge < -0.3 is 42.6 Å². The topological polar surface area (TPSA) is 134 Å². The molecule has 0 atom stereocenters. The summed E-state index contributed by atoms with van der Waals surface area (Å²) < 4.78 is 50.5. The molecule has 72 heavy (non-hydrogen) atoms. The zero-order valence-electron chi connectivity index (χ0n) is 44.0. The maximum absolute atomic E-state index is 11.7. The summed E-state index contributed by atoms with van der Waals surface area (Å²) in [5.41, 5.74) is 3.19. The zero-order chi connectivity index (χ0) is 51.9. The van der Waals surface area contributed by atoms with Crippen LogP contribution in [-0.2, 0) is 42.8 Å².